The van der Waals surface area contributed by atoms with Gasteiger partial charge in [0.2, 0.25) is 5.91 Å². The Kier molecular flexibility index (Phi) is 4.33. The van der Waals surface area contributed by atoms with Gasteiger partial charge in [-0.15, -0.1) is 0 Å². The van der Waals surface area contributed by atoms with Crippen molar-refractivity contribution in [1.82, 2.24) is 10.6 Å². The predicted octanol–water partition coefficient (Wildman–Crippen LogP) is 1.46. The molecule has 86 valence electrons. The number of hydrogen-bond donors (Lipinski definition) is 2. The molecule has 1 aliphatic rings. The lowest BCUT2D eigenvalue weighted by atomic mass is 9.92. The van der Waals surface area contributed by atoms with Gasteiger partial charge in [0, 0.05) is 19.5 Å². The third-order valence-electron chi connectivity index (χ3n) is 2.36. The van der Waals surface area contributed by atoms with Crippen LogP contribution in [-0.2, 0) is 4.79 Å². The molecule has 2 N–H and O–H groups in total. The molecule has 1 rings (SSSR count). The van der Waals surface area contributed by atoms with Crippen LogP contribution in [0.3, 0.4) is 0 Å². The largest absolute Gasteiger partial charge is 0.352 e. The quantitative estimate of drug-likeness (QED) is 0.692. The topological polar surface area (TPSA) is 41.1 Å². The fraction of sp³-hybridized carbons (Fsp3) is 0.750. The fourth-order valence-electron chi connectivity index (χ4n) is 1.59. The van der Waals surface area contributed by atoms with Gasteiger partial charge in [-0.25, -0.2) is 0 Å². The molecule has 1 heterocycles. The van der Waals surface area contributed by atoms with E-state index >= 15 is 0 Å². The van der Waals surface area contributed by atoms with Crippen molar-refractivity contribution in [2.75, 3.05) is 19.6 Å². The van der Waals surface area contributed by atoms with Crippen LogP contribution in [0.5, 0.6) is 0 Å². The molecule has 1 amide bonds. The van der Waals surface area contributed by atoms with Gasteiger partial charge in [-0.1, -0.05) is 32.4 Å². The normalized spacial score (nSPS) is 17.1. The minimum atomic E-state index is 0.0760. The van der Waals surface area contributed by atoms with E-state index in [9.17, 15) is 4.79 Å². The first-order valence-corrected chi connectivity index (χ1v) is 5.63. The van der Waals surface area contributed by atoms with Crippen molar-refractivity contribution in [2.24, 2.45) is 5.41 Å². The Morgan fingerprint density at radius 2 is 2.27 bits per heavy atom. The Morgan fingerprint density at radius 3 is 2.80 bits per heavy atom. The maximum absolute atomic E-state index is 11.5. The Bertz CT molecular complexity index is 251. The summed E-state index contributed by atoms with van der Waals surface area (Å²) in [5.41, 5.74) is 1.42. The van der Waals surface area contributed by atoms with Crippen molar-refractivity contribution >= 4 is 5.91 Å². The zero-order chi connectivity index (χ0) is 11.3. The van der Waals surface area contributed by atoms with Crippen molar-refractivity contribution in [2.45, 2.75) is 33.6 Å². The highest BCUT2D eigenvalue weighted by molar-refractivity contribution is 5.76. The van der Waals surface area contributed by atoms with Crippen LogP contribution in [0.2, 0.25) is 0 Å². The van der Waals surface area contributed by atoms with E-state index in [4.69, 9.17) is 0 Å². The van der Waals surface area contributed by atoms with Crippen LogP contribution in [0.25, 0.3) is 0 Å². The molecule has 3 heteroatoms. The molecule has 0 aromatic carbocycles. The molecule has 0 bridgehead atoms. The van der Waals surface area contributed by atoms with Gasteiger partial charge >= 0.3 is 0 Å². The lowest BCUT2D eigenvalue weighted by Crippen LogP contribution is -2.31. The summed E-state index contributed by atoms with van der Waals surface area (Å²) in [4.78, 5) is 11.5. The Hall–Kier alpha value is -0.830. The van der Waals surface area contributed by atoms with E-state index in [1.807, 2.05) is 0 Å². The molecule has 0 unspecified atom stereocenters. The molecule has 0 atom stereocenters. The molecule has 3 nitrogen and oxygen atoms in total. The summed E-state index contributed by atoms with van der Waals surface area (Å²) in [7, 11) is 0. The second-order valence-corrected chi connectivity index (χ2v) is 5.33. The summed E-state index contributed by atoms with van der Waals surface area (Å²) in [5.74, 6) is 0.155. The summed E-state index contributed by atoms with van der Waals surface area (Å²) < 4.78 is 0. The molecule has 0 aromatic rings. The van der Waals surface area contributed by atoms with Gasteiger partial charge in [-0.2, -0.15) is 0 Å². The first kappa shape index (κ1) is 12.2. The molecular weight excluding hydrogens is 188 g/mol. The summed E-state index contributed by atoms with van der Waals surface area (Å²) in [5, 5.41) is 6.23. The van der Waals surface area contributed by atoms with E-state index in [0.29, 0.717) is 6.42 Å². The van der Waals surface area contributed by atoms with Crippen molar-refractivity contribution in [3.05, 3.63) is 11.6 Å². The molecular formula is C12H22N2O. The average Bonchev–Trinajstić information content (AvgIpc) is 2.14. The highest BCUT2D eigenvalue weighted by Crippen LogP contribution is 2.17. The van der Waals surface area contributed by atoms with Crippen molar-refractivity contribution < 1.29 is 4.79 Å². The van der Waals surface area contributed by atoms with Crippen LogP contribution >= 0.6 is 0 Å². The van der Waals surface area contributed by atoms with E-state index < -0.39 is 0 Å². The summed E-state index contributed by atoms with van der Waals surface area (Å²) >= 11 is 0. The first-order chi connectivity index (χ1) is 6.97. The molecule has 0 fully saturated rings. The summed E-state index contributed by atoms with van der Waals surface area (Å²) in [6.07, 6.45) is 3.81. The lowest BCUT2D eigenvalue weighted by Gasteiger charge is -2.19. The highest BCUT2D eigenvalue weighted by Gasteiger charge is 2.15. The van der Waals surface area contributed by atoms with Gasteiger partial charge < -0.3 is 10.6 Å². The van der Waals surface area contributed by atoms with Crippen LogP contribution in [0.1, 0.15) is 33.6 Å². The van der Waals surface area contributed by atoms with Gasteiger partial charge in [0.1, 0.15) is 0 Å². The SMILES string of the molecule is CC(C)(C)CC(=O)NCC1=CCNCC1. The van der Waals surface area contributed by atoms with E-state index in [-0.39, 0.29) is 11.3 Å². The number of hydrogen-bond acceptors (Lipinski definition) is 2. The number of nitrogens with one attached hydrogen (secondary N) is 2. The minimum absolute atomic E-state index is 0.0760. The predicted molar refractivity (Wildman–Crippen MR) is 62.7 cm³/mol. The zero-order valence-corrected chi connectivity index (χ0v) is 10.0. The number of carbonyl (C=O) groups is 1. The van der Waals surface area contributed by atoms with Gasteiger partial charge in [0.15, 0.2) is 0 Å². The Morgan fingerprint density at radius 1 is 1.53 bits per heavy atom. The molecule has 0 spiro atoms. The molecule has 0 saturated heterocycles. The number of rotatable bonds is 3. The maximum Gasteiger partial charge on any atom is 0.220 e. The van der Waals surface area contributed by atoms with Gasteiger partial charge in [0.25, 0.3) is 0 Å². The van der Waals surface area contributed by atoms with Crippen molar-refractivity contribution in [3.63, 3.8) is 0 Å². The van der Waals surface area contributed by atoms with Crippen LogP contribution in [0.4, 0.5) is 0 Å². The standard InChI is InChI=1S/C12H22N2O/c1-12(2,3)8-11(15)14-9-10-4-6-13-7-5-10/h4,13H,5-9H2,1-3H3,(H,14,15). The smallest absolute Gasteiger partial charge is 0.220 e. The van der Waals surface area contributed by atoms with Crippen LogP contribution in [0, 0.1) is 5.41 Å². The zero-order valence-electron chi connectivity index (χ0n) is 10.0. The van der Waals surface area contributed by atoms with Crippen LogP contribution in [-0.4, -0.2) is 25.5 Å². The van der Waals surface area contributed by atoms with Crippen LogP contribution < -0.4 is 10.6 Å². The van der Waals surface area contributed by atoms with Crippen molar-refractivity contribution in [3.8, 4) is 0 Å². The third kappa shape index (κ3) is 5.57. The highest BCUT2D eigenvalue weighted by atomic mass is 16.1. The molecule has 15 heavy (non-hydrogen) atoms. The van der Waals surface area contributed by atoms with Crippen LogP contribution in [0.15, 0.2) is 11.6 Å². The second kappa shape index (κ2) is 5.31. The van der Waals surface area contributed by atoms with Gasteiger partial charge in [-0.05, 0) is 18.4 Å². The van der Waals surface area contributed by atoms with Gasteiger partial charge in [0.05, 0.1) is 0 Å². The molecule has 0 saturated carbocycles. The van der Waals surface area contributed by atoms with E-state index in [2.05, 4.69) is 37.5 Å². The maximum atomic E-state index is 11.5. The van der Waals surface area contributed by atoms with E-state index in [1.54, 1.807) is 0 Å². The monoisotopic (exact) mass is 210 g/mol. The lowest BCUT2D eigenvalue weighted by molar-refractivity contribution is -0.122. The summed E-state index contributed by atoms with van der Waals surface area (Å²) in [6.45, 7) is 8.92. The molecule has 0 aromatic heterocycles. The Balaban J connectivity index is 2.24. The average molecular weight is 210 g/mol. The van der Waals surface area contributed by atoms with Crippen molar-refractivity contribution in [1.29, 1.82) is 0 Å². The molecule has 0 radical (unpaired) electrons. The fourth-order valence-corrected chi connectivity index (χ4v) is 1.59. The Labute approximate surface area is 92.3 Å². The summed E-state index contributed by atoms with van der Waals surface area (Å²) in [6, 6.07) is 0. The number of amides is 1. The third-order valence-corrected chi connectivity index (χ3v) is 2.36. The van der Waals surface area contributed by atoms with Gasteiger partial charge in [-0.3, -0.25) is 4.79 Å². The number of carbonyl (C=O) groups excluding carboxylic acids is 1. The second-order valence-electron chi connectivity index (χ2n) is 5.33. The first-order valence-electron chi connectivity index (χ1n) is 5.63. The van der Waals surface area contributed by atoms with E-state index in [1.165, 1.54) is 5.57 Å². The molecule has 1 aliphatic heterocycles. The minimum Gasteiger partial charge on any atom is -0.352 e. The molecule has 0 aliphatic carbocycles. The van der Waals surface area contributed by atoms with E-state index in [0.717, 1.165) is 26.1 Å².